The van der Waals surface area contributed by atoms with Gasteiger partial charge in [0.1, 0.15) is 0 Å². The second-order valence-corrected chi connectivity index (χ2v) is 6.04. The highest BCUT2D eigenvalue weighted by Gasteiger charge is 2.39. The number of hydrogen-bond donors (Lipinski definition) is 1. The Morgan fingerprint density at radius 2 is 1.89 bits per heavy atom. The molecule has 1 heterocycles. The Morgan fingerprint density at radius 3 is 2.42 bits per heavy atom. The molecule has 2 rings (SSSR count). The van der Waals surface area contributed by atoms with Crippen LogP contribution in [0.4, 0.5) is 0 Å². The Labute approximate surface area is 115 Å². The zero-order valence-corrected chi connectivity index (χ0v) is 12.4. The number of carbonyl (C=O) groups is 1. The van der Waals surface area contributed by atoms with Crippen LogP contribution in [0.2, 0.25) is 0 Å². The molecule has 1 aliphatic rings. The molecule has 0 radical (unpaired) electrons. The van der Waals surface area contributed by atoms with Crippen molar-refractivity contribution in [2.75, 3.05) is 13.1 Å². The van der Waals surface area contributed by atoms with Gasteiger partial charge < -0.3 is 10.6 Å². The van der Waals surface area contributed by atoms with E-state index < -0.39 is 0 Å². The van der Waals surface area contributed by atoms with Gasteiger partial charge in [-0.25, -0.2) is 0 Å². The second-order valence-electron chi connectivity index (χ2n) is 6.04. The molecule has 0 spiro atoms. The molecule has 1 amide bonds. The van der Waals surface area contributed by atoms with Crippen LogP contribution in [-0.4, -0.2) is 29.4 Å². The Kier molecular flexibility index (Phi) is 3.68. The second kappa shape index (κ2) is 4.97. The minimum atomic E-state index is -0.180. The fraction of sp³-hybridized carbons (Fsp3) is 0.562. The smallest absolute Gasteiger partial charge is 0.254 e. The minimum absolute atomic E-state index is 0.139. The molecule has 1 saturated heterocycles. The Bertz CT molecular complexity index is 486. The van der Waals surface area contributed by atoms with Gasteiger partial charge in [0.15, 0.2) is 0 Å². The average molecular weight is 260 g/mol. The van der Waals surface area contributed by atoms with Gasteiger partial charge in [0.25, 0.3) is 5.91 Å². The topological polar surface area (TPSA) is 46.3 Å². The van der Waals surface area contributed by atoms with E-state index in [1.54, 1.807) is 0 Å². The van der Waals surface area contributed by atoms with E-state index in [1.165, 1.54) is 5.56 Å². The van der Waals surface area contributed by atoms with Crippen molar-refractivity contribution < 1.29 is 4.79 Å². The van der Waals surface area contributed by atoms with Crippen LogP contribution >= 0.6 is 0 Å². The lowest BCUT2D eigenvalue weighted by Gasteiger charge is -2.35. The van der Waals surface area contributed by atoms with Crippen LogP contribution in [0, 0.1) is 20.8 Å². The van der Waals surface area contributed by atoms with Crippen LogP contribution in [0.5, 0.6) is 0 Å². The number of likely N-dealkylation sites (tertiary alicyclic amines) is 1. The van der Waals surface area contributed by atoms with Gasteiger partial charge in [0, 0.05) is 18.7 Å². The highest BCUT2D eigenvalue weighted by atomic mass is 16.2. The van der Waals surface area contributed by atoms with Crippen LogP contribution in [-0.2, 0) is 0 Å². The molecule has 0 aromatic heterocycles. The lowest BCUT2D eigenvalue weighted by molar-refractivity contribution is 0.0635. The summed E-state index contributed by atoms with van der Waals surface area (Å²) in [5.41, 5.74) is 9.89. The minimum Gasteiger partial charge on any atom is -0.332 e. The van der Waals surface area contributed by atoms with Crippen molar-refractivity contribution in [3.63, 3.8) is 0 Å². The van der Waals surface area contributed by atoms with Crippen molar-refractivity contribution in [1.29, 1.82) is 0 Å². The van der Waals surface area contributed by atoms with Gasteiger partial charge in [0.2, 0.25) is 0 Å². The summed E-state index contributed by atoms with van der Waals surface area (Å²) >= 11 is 0. The lowest BCUT2D eigenvalue weighted by atomic mass is 9.95. The third-order valence-electron chi connectivity index (χ3n) is 4.32. The molecule has 0 saturated carbocycles. The summed E-state index contributed by atoms with van der Waals surface area (Å²) in [6.45, 7) is 9.54. The van der Waals surface area contributed by atoms with Gasteiger partial charge >= 0.3 is 0 Å². The van der Waals surface area contributed by atoms with Gasteiger partial charge in [-0.1, -0.05) is 17.7 Å². The largest absolute Gasteiger partial charge is 0.332 e. The van der Waals surface area contributed by atoms with E-state index >= 15 is 0 Å². The summed E-state index contributed by atoms with van der Waals surface area (Å²) < 4.78 is 0. The zero-order valence-electron chi connectivity index (χ0n) is 12.4. The summed E-state index contributed by atoms with van der Waals surface area (Å²) in [7, 11) is 0. The predicted molar refractivity (Wildman–Crippen MR) is 78.4 cm³/mol. The summed E-state index contributed by atoms with van der Waals surface area (Å²) in [5, 5.41) is 0. The van der Waals surface area contributed by atoms with Gasteiger partial charge in [-0.2, -0.15) is 0 Å². The molecule has 0 aliphatic carbocycles. The molecular weight excluding hydrogens is 236 g/mol. The maximum Gasteiger partial charge on any atom is 0.254 e. The molecular formula is C16H24N2O. The summed E-state index contributed by atoms with van der Waals surface area (Å²) in [6, 6.07) is 4.16. The van der Waals surface area contributed by atoms with E-state index in [4.69, 9.17) is 5.73 Å². The zero-order chi connectivity index (χ0) is 14.2. The molecule has 1 aromatic rings. The van der Waals surface area contributed by atoms with Crippen LogP contribution in [0.1, 0.15) is 46.8 Å². The molecule has 1 unspecified atom stereocenters. The Morgan fingerprint density at radius 1 is 1.32 bits per heavy atom. The Balaban J connectivity index is 2.40. The van der Waals surface area contributed by atoms with Crippen LogP contribution in [0.25, 0.3) is 0 Å². The van der Waals surface area contributed by atoms with E-state index in [9.17, 15) is 4.79 Å². The number of carbonyl (C=O) groups excluding carboxylic acids is 1. The van der Waals surface area contributed by atoms with Crippen molar-refractivity contribution in [2.45, 2.75) is 46.1 Å². The lowest BCUT2D eigenvalue weighted by Crippen LogP contribution is -2.50. The summed E-state index contributed by atoms with van der Waals surface area (Å²) in [6.07, 6.45) is 2.04. The van der Waals surface area contributed by atoms with Crippen molar-refractivity contribution in [1.82, 2.24) is 4.90 Å². The number of nitrogens with two attached hydrogens (primary N) is 1. The molecule has 2 N–H and O–H groups in total. The molecule has 1 atom stereocenters. The fourth-order valence-corrected chi connectivity index (χ4v) is 3.23. The monoisotopic (exact) mass is 260 g/mol. The fourth-order valence-electron chi connectivity index (χ4n) is 3.23. The number of rotatable bonds is 2. The molecule has 3 heteroatoms. The normalized spacial score (nSPS) is 22.9. The van der Waals surface area contributed by atoms with E-state index in [-0.39, 0.29) is 11.4 Å². The first-order chi connectivity index (χ1) is 8.89. The van der Waals surface area contributed by atoms with Gasteiger partial charge in [-0.05, 0) is 51.7 Å². The number of benzene rings is 1. The maximum atomic E-state index is 12.8. The third kappa shape index (κ3) is 2.39. The predicted octanol–water partition coefficient (Wildman–Crippen LogP) is 2.57. The molecule has 0 bridgehead atoms. The summed E-state index contributed by atoms with van der Waals surface area (Å²) in [4.78, 5) is 14.8. The number of hydrogen-bond acceptors (Lipinski definition) is 2. The quantitative estimate of drug-likeness (QED) is 0.888. The van der Waals surface area contributed by atoms with Crippen LogP contribution in [0.15, 0.2) is 12.1 Å². The molecule has 1 aliphatic heterocycles. The van der Waals surface area contributed by atoms with Gasteiger partial charge in [-0.3, -0.25) is 4.79 Å². The highest BCUT2D eigenvalue weighted by Crippen LogP contribution is 2.31. The molecule has 104 valence electrons. The van der Waals surface area contributed by atoms with Gasteiger partial charge in [0.05, 0.1) is 5.54 Å². The maximum absolute atomic E-state index is 12.8. The van der Waals surface area contributed by atoms with E-state index in [1.807, 2.05) is 18.7 Å². The van der Waals surface area contributed by atoms with E-state index in [0.29, 0.717) is 6.54 Å². The van der Waals surface area contributed by atoms with Crippen molar-refractivity contribution >= 4 is 5.91 Å². The Hall–Kier alpha value is -1.35. The molecule has 3 nitrogen and oxygen atoms in total. The van der Waals surface area contributed by atoms with E-state index in [0.717, 1.165) is 36.1 Å². The standard InChI is InChI=1S/C16H24N2O/c1-11-8-12(2)14(13(3)9-11)15(19)18-7-5-6-16(18,4)10-17/h8-9H,5-7,10,17H2,1-4H3. The summed E-state index contributed by atoms with van der Waals surface area (Å²) in [5.74, 6) is 0.139. The number of amides is 1. The molecule has 1 aromatic carbocycles. The first-order valence-electron chi connectivity index (χ1n) is 6.99. The number of nitrogens with zero attached hydrogens (tertiary/aromatic N) is 1. The SMILES string of the molecule is Cc1cc(C)c(C(=O)N2CCCC2(C)CN)c(C)c1. The molecule has 19 heavy (non-hydrogen) atoms. The van der Waals surface area contributed by atoms with Crippen molar-refractivity contribution in [2.24, 2.45) is 5.73 Å². The van der Waals surface area contributed by atoms with Crippen molar-refractivity contribution in [3.05, 3.63) is 34.4 Å². The molecule has 1 fully saturated rings. The van der Waals surface area contributed by atoms with Crippen LogP contribution in [0.3, 0.4) is 0 Å². The van der Waals surface area contributed by atoms with E-state index in [2.05, 4.69) is 26.0 Å². The average Bonchev–Trinajstić information content (AvgIpc) is 2.70. The third-order valence-corrected chi connectivity index (χ3v) is 4.32. The highest BCUT2D eigenvalue weighted by molar-refractivity contribution is 5.97. The first-order valence-corrected chi connectivity index (χ1v) is 6.99. The van der Waals surface area contributed by atoms with Crippen LogP contribution < -0.4 is 5.73 Å². The van der Waals surface area contributed by atoms with Crippen molar-refractivity contribution in [3.8, 4) is 0 Å². The first kappa shape index (κ1) is 14.1. The number of aryl methyl sites for hydroxylation is 3. The van der Waals surface area contributed by atoms with Gasteiger partial charge in [-0.15, -0.1) is 0 Å².